The second-order valence-electron chi connectivity index (χ2n) is 6.02. The van der Waals surface area contributed by atoms with E-state index in [0.717, 1.165) is 6.07 Å². The molecule has 0 bridgehead atoms. The number of hydrogen-bond acceptors (Lipinski definition) is 7. The van der Waals surface area contributed by atoms with Crippen molar-refractivity contribution >= 4 is 28.9 Å². The van der Waals surface area contributed by atoms with Gasteiger partial charge in [0, 0.05) is 25.3 Å². The molecule has 29 heavy (non-hydrogen) atoms. The average Bonchev–Trinajstić information content (AvgIpc) is 2.73. The quantitative estimate of drug-likeness (QED) is 0.413. The van der Waals surface area contributed by atoms with Crippen molar-refractivity contribution in [2.75, 3.05) is 23.8 Å². The molecule has 0 aromatic heterocycles. The number of amides is 1. The molecule has 0 aliphatic rings. The van der Waals surface area contributed by atoms with Crippen molar-refractivity contribution < 1.29 is 19.2 Å². The highest BCUT2D eigenvalue weighted by Gasteiger charge is 2.26. The van der Waals surface area contributed by atoms with Crippen LogP contribution in [0.3, 0.4) is 0 Å². The van der Waals surface area contributed by atoms with Crippen molar-refractivity contribution in [2.24, 2.45) is 0 Å². The van der Waals surface area contributed by atoms with Crippen molar-refractivity contribution in [2.45, 2.75) is 19.4 Å². The van der Waals surface area contributed by atoms with Crippen LogP contribution >= 0.6 is 0 Å². The van der Waals surface area contributed by atoms with E-state index in [1.54, 1.807) is 30.3 Å². The van der Waals surface area contributed by atoms with Gasteiger partial charge in [0.15, 0.2) is 6.10 Å². The summed E-state index contributed by atoms with van der Waals surface area (Å²) in [4.78, 5) is 37.1. The summed E-state index contributed by atoms with van der Waals surface area (Å²) in [5.74, 6) is -1.36. The number of para-hydroxylation sites is 1. The van der Waals surface area contributed by atoms with E-state index in [4.69, 9.17) is 10.00 Å². The molecule has 0 spiro atoms. The van der Waals surface area contributed by atoms with Crippen LogP contribution in [0.1, 0.15) is 23.7 Å². The van der Waals surface area contributed by atoms with Crippen molar-refractivity contribution in [3.05, 3.63) is 64.2 Å². The maximum Gasteiger partial charge on any atom is 0.339 e. The predicted octanol–water partition coefficient (Wildman–Crippen LogP) is 3.13. The largest absolute Gasteiger partial charge is 0.449 e. The van der Waals surface area contributed by atoms with Gasteiger partial charge in [-0.25, -0.2) is 4.79 Å². The fourth-order valence-corrected chi connectivity index (χ4v) is 2.66. The van der Waals surface area contributed by atoms with Gasteiger partial charge in [0.2, 0.25) is 0 Å². The van der Waals surface area contributed by atoms with Crippen LogP contribution < -0.4 is 10.2 Å². The van der Waals surface area contributed by atoms with Crippen LogP contribution in [0, 0.1) is 21.4 Å². The molecule has 150 valence electrons. The van der Waals surface area contributed by atoms with Crippen LogP contribution in [0.4, 0.5) is 17.1 Å². The van der Waals surface area contributed by atoms with Crippen LogP contribution in [-0.2, 0) is 9.53 Å². The van der Waals surface area contributed by atoms with Gasteiger partial charge in [-0.05, 0) is 31.2 Å². The summed E-state index contributed by atoms with van der Waals surface area (Å²) in [6.07, 6.45) is -1.04. The van der Waals surface area contributed by atoms with Gasteiger partial charge in [-0.1, -0.05) is 18.2 Å². The van der Waals surface area contributed by atoms with Crippen molar-refractivity contribution in [1.82, 2.24) is 0 Å². The molecule has 1 atom stereocenters. The third-order valence-corrected chi connectivity index (χ3v) is 4.11. The second kappa shape index (κ2) is 9.85. The zero-order chi connectivity index (χ0) is 21.4. The highest BCUT2D eigenvalue weighted by atomic mass is 16.6. The number of ether oxygens (including phenoxy) is 1. The number of nitrogens with zero attached hydrogens (tertiary/aromatic N) is 3. The Balaban J connectivity index is 2.19. The van der Waals surface area contributed by atoms with Crippen LogP contribution in [-0.4, -0.2) is 36.5 Å². The van der Waals surface area contributed by atoms with Gasteiger partial charge in [-0.3, -0.25) is 14.9 Å². The summed E-state index contributed by atoms with van der Waals surface area (Å²) in [5, 5.41) is 22.7. The number of esters is 1. The molecule has 0 heterocycles. The van der Waals surface area contributed by atoms with Crippen molar-refractivity contribution in [1.29, 1.82) is 5.26 Å². The summed E-state index contributed by atoms with van der Waals surface area (Å²) in [6, 6.07) is 14.6. The molecule has 9 heteroatoms. The van der Waals surface area contributed by atoms with Gasteiger partial charge >= 0.3 is 5.97 Å². The third kappa shape index (κ3) is 5.29. The van der Waals surface area contributed by atoms with E-state index in [0.29, 0.717) is 5.69 Å². The summed E-state index contributed by atoms with van der Waals surface area (Å²) in [6.45, 7) is 1.56. The molecule has 0 fully saturated rings. The van der Waals surface area contributed by atoms with Gasteiger partial charge in [0.1, 0.15) is 5.69 Å². The highest BCUT2D eigenvalue weighted by molar-refractivity contribution is 5.99. The Labute approximate surface area is 167 Å². The summed E-state index contributed by atoms with van der Waals surface area (Å²) in [5.41, 5.74) is 0.506. The number of anilines is 2. The maximum absolute atomic E-state index is 12.8. The van der Waals surface area contributed by atoms with E-state index >= 15 is 0 Å². The molecular formula is C20H20N4O5. The van der Waals surface area contributed by atoms with Gasteiger partial charge in [0.05, 0.1) is 23.0 Å². The fraction of sp³-hybridized carbons (Fsp3) is 0.250. The number of benzene rings is 2. The number of carbonyl (C=O) groups is 2. The van der Waals surface area contributed by atoms with E-state index in [-0.39, 0.29) is 29.9 Å². The Morgan fingerprint density at radius 1 is 1.28 bits per heavy atom. The minimum Gasteiger partial charge on any atom is -0.449 e. The molecule has 0 aliphatic heterocycles. The number of nitrogens with one attached hydrogen (secondary N) is 1. The predicted molar refractivity (Wildman–Crippen MR) is 107 cm³/mol. The van der Waals surface area contributed by atoms with Crippen LogP contribution in [0.2, 0.25) is 0 Å². The average molecular weight is 396 g/mol. The summed E-state index contributed by atoms with van der Waals surface area (Å²) >= 11 is 0. The first-order valence-electron chi connectivity index (χ1n) is 8.79. The first-order valence-corrected chi connectivity index (χ1v) is 8.79. The minimum absolute atomic E-state index is 0.0429. The summed E-state index contributed by atoms with van der Waals surface area (Å²) in [7, 11) is 1.53. The second-order valence-corrected chi connectivity index (χ2v) is 6.02. The SMILES string of the molecule is CNc1ccc(C(=O)O[C@H](C)C(=O)N(CCC#N)c2ccccc2)cc1[N+](=O)[O-]. The lowest BCUT2D eigenvalue weighted by Crippen LogP contribution is -2.40. The minimum atomic E-state index is -1.15. The Morgan fingerprint density at radius 3 is 2.55 bits per heavy atom. The standard InChI is InChI=1S/C20H20N4O5/c1-14(19(25)23(12-6-11-21)16-7-4-3-5-8-16)29-20(26)15-9-10-17(22-2)18(13-15)24(27)28/h3-5,7-10,13-14,22H,6,12H2,1-2H3/t14-/m1/s1. The summed E-state index contributed by atoms with van der Waals surface area (Å²) < 4.78 is 5.23. The molecule has 0 saturated carbocycles. The lowest BCUT2D eigenvalue weighted by Gasteiger charge is -2.25. The smallest absolute Gasteiger partial charge is 0.339 e. The molecule has 1 amide bonds. The zero-order valence-corrected chi connectivity index (χ0v) is 16.0. The Kier molecular flexibility index (Phi) is 7.26. The topological polar surface area (TPSA) is 126 Å². The molecule has 2 aromatic carbocycles. The Bertz CT molecular complexity index is 940. The molecule has 0 unspecified atom stereocenters. The molecule has 2 aromatic rings. The van der Waals surface area contributed by atoms with Gasteiger partial charge in [-0.15, -0.1) is 0 Å². The van der Waals surface area contributed by atoms with E-state index in [1.165, 1.54) is 31.0 Å². The van der Waals surface area contributed by atoms with Crippen LogP contribution in [0.5, 0.6) is 0 Å². The van der Waals surface area contributed by atoms with Gasteiger partial charge in [0.25, 0.3) is 11.6 Å². The van der Waals surface area contributed by atoms with Gasteiger partial charge < -0.3 is 15.0 Å². The number of rotatable bonds is 8. The third-order valence-electron chi connectivity index (χ3n) is 4.11. The highest BCUT2D eigenvalue weighted by Crippen LogP contribution is 2.25. The van der Waals surface area contributed by atoms with Crippen LogP contribution in [0.25, 0.3) is 0 Å². The number of hydrogen-bond donors (Lipinski definition) is 1. The Hall–Kier alpha value is -3.93. The first kappa shape index (κ1) is 21.4. The molecule has 0 aliphatic carbocycles. The number of carbonyl (C=O) groups excluding carboxylic acids is 2. The lowest BCUT2D eigenvalue weighted by atomic mass is 10.1. The van der Waals surface area contributed by atoms with E-state index in [2.05, 4.69) is 5.32 Å². The molecule has 0 radical (unpaired) electrons. The van der Waals surface area contributed by atoms with Crippen molar-refractivity contribution in [3.63, 3.8) is 0 Å². The molecule has 9 nitrogen and oxygen atoms in total. The van der Waals surface area contributed by atoms with E-state index in [9.17, 15) is 19.7 Å². The lowest BCUT2D eigenvalue weighted by molar-refractivity contribution is -0.384. The molecule has 2 rings (SSSR count). The van der Waals surface area contributed by atoms with E-state index in [1.807, 2.05) is 6.07 Å². The van der Waals surface area contributed by atoms with Gasteiger partial charge in [-0.2, -0.15) is 5.26 Å². The molecule has 1 N–H and O–H groups in total. The zero-order valence-electron chi connectivity index (χ0n) is 16.0. The molecular weight excluding hydrogens is 376 g/mol. The maximum atomic E-state index is 12.8. The number of nitro groups is 1. The first-order chi connectivity index (χ1) is 13.9. The Morgan fingerprint density at radius 2 is 1.97 bits per heavy atom. The normalized spacial score (nSPS) is 11.1. The monoisotopic (exact) mass is 396 g/mol. The van der Waals surface area contributed by atoms with E-state index < -0.39 is 22.9 Å². The van der Waals surface area contributed by atoms with Crippen molar-refractivity contribution in [3.8, 4) is 6.07 Å². The number of nitro benzene ring substituents is 1. The number of nitriles is 1. The van der Waals surface area contributed by atoms with Crippen LogP contribution in [0.15, 0.2) is 48.5 Å². The molecule has 0 saturated heterocycles. The fourth-order valence-electron chi connectivity index (χ4n) is 2.66.